The molecule has 114 valence electrons. The molecule has 0 radical (unpaired) electrons. The number of ether oxygens (including phenoxy) is 1. The molecule has 0 aromatic heterocycles. The molecule has 1 N–H and O–H groups in total. The number of nitrogens with zero attached hydrogens (tertiary/aromatic N) is 1. The van der Waals surface area contributed by atoms with Gasteiger partial charge in [0.15, 0.2) is 0 Å². The molecule has 0 saturated heterocycles. The van der Waals surface area contributed by atoms with Crippen LogP contribution in [0, 0.1) is 0 Å². The van der Waals surface area contributed by atoms with E-state index in [0.717, 1.165) is 12.2 Å². The monoisotopic (exact) mass is 300 g/mol. The van der Waals surface area contributed by atoms with Gasteiger partial charge in [0.05, 0.1) is 11.5 Å². The van der Waals surface area contributed by atoms with E-state index in [1.807, 2.05) is 20.8 Å². The molecule has 5 nitrogen and oxygen atoms in total. The van der Waals surface area contributed by atoms with E-state index < -0.39 is 10.0 Å². The van der Waals surface area contributed by atoms with Crippen molar-refractivity contribution in [2.24, 2.45) is 0 Å². The van der Waals surface area contributed by atoms with Crippen LogP contribution in [0.2, 0.25) is 0 Å². The lowest BCUT2D eigenvalue weighted by molar-refractivity contribution is 0.142. The molecule has 0 aliphatic heterocycles. The van der Waals surface area contributed by atoms with E-state index in [4.69, 9.17) is 4.74 Å². The van der Waals surface area contributed by atoms with Crippen LogP contribution < -0.4 is 5.32 Å². The van der Waals surface area contributed by atoms with Crippen LogP contribution in [-0.4, -0.2) is 45.6 Å². The van der Waals surface area contributed by atoms with Crippen LogP contribution >= 0.6 is 0 Å². The Morgan fingerprint density at radius 2 is 1.85 bits per heavy atom. The minimum absolute atomic E-state index is 0.191. The summed E-state index contributed by atoms with van der Waals surface area (Å²) in [4.78, 5) is 0.309. The molecule has 0 heterocycles. The van der Waals surface area contributed by atoms with Crippen molar-refractivity contribution in [3.05, 3.63) is 24.3 Å². The minimum Gasteiger partial charge on any atom is -0.385 e. The molecule has 6 heteroatoms. The molecule has 1 atom stereocenters. The summed E-state index contributed by atoms with van der Waals surface area (Å²) in [6.45, 7) is 7.27. The van der Waals surface area contributed by atoms with Gasteiger partial charge < -0.3 is 10.1 Å². The molecule has 0 fully saturated rings. The van der Waals surface area contributed by atoms with Crippen molar-refractivity contribution in [1.82, 2.24) is 4.31 Å². The highest BCUT2D eigenvalue weighted by Gasteiger charge is 2.27. The van der Waals surface area contributed by atoms with Crippen molar-refractivity contribution in [3.8, 4) is 0 Å². The molecule has 1 unspecified atom stereocenters. The molecule has 0 spiro atoms. The number of benzene rings is 1. The zero-order valence-corrected chi connectivity index (χ0v) is 13.4. The summed E-state index contributed by atoms with van der Waals surface area (Å²) in [5.74, 6) is 0. The molecule has 1 aromatic rings. The van der Waals surface area contributed by atoms with Crippen LogP contribution in [0.25, 0.3) is 0 Å². The molecular formula is C14H24N2O3S. The van der Waals surface area contributed by atoms with Crippen LogP contribution in [0.3, 0.4) is 0 Å². The second-order valence-electron chi connectivity index (χ2n) is 4.57. The van der Waals surface area contributed by atoms with Crippen LogP contribution in [-0.2, 0) is 14.8 Å². The Balaban J connectivity index is 3.01. The highest BCUT2D eigenvalue weighted by molar-refractivity contribution is 7.89. The van der Waals surface area contributed by atoms with Gasteiger partial charge in [-0.05, 0) is 38.1 Å². The molecule has 0 aliphatic carbocycles. The lowest BCUT2D eigenvalue weighted by Crippen LogP contribution is -2.40. The zero-order valence-electron chi connectivity index (χ0n) is 12.6. The number of anilines is 1. The first-order chi connectivity index (χ1) is 9.47. The summed E-state index contributed by atoms with van der Waals surface area (Å²) < 4.78 is 31.7. The van der Waals surface area contributed by atoms with Crippen LogP contribution in [0.4, 0.5) is 5.69 Å². The average Bonchev–Trinajstić information content (AvgIpc) is 2.40. The van der Waals surface area contributed by atoms with Crippen LogP contribution in [0.1, 0.15) is 20.8 Å². The topological polar surface area (TPSA) is 58.6 Å². The highest BCUT2D eigenvalue weighted by atomic mass is 32.2. The van der Waals surface area contributed by atoms with E-state index in [-0.39, 0.29) is 6.04 Å². The van der Waals surface area contributed by atoms with Crippen molar-refractivity contribution in [3.63, 3.8) is 0 Å². The number of methoxy groups -OCH3 is 1. The summed E-state index contributed by atoms with van der Waals surface area (Å²) in [7, 11) is -1.91. The van der Waals surface area contributed by atoms with Gasteiger partial charge in [-0.1, -0.05) is 6.92 Å². The Hall–Kier alpha value is -1.11. The van der Waals surface area contributed by atoms with Gasteiger partial charge in [0.2, 0.25) is 10.0 Å². The maximum atomic E-state index is 12.6. The van der Waals surface area contributed by atoms with Crippen molar-refractivity contribution in [2.45, 2.75) is 31.7 Å². The number of nitrogens with one attached hydrogen (secondary N) is 1. The molecule has 0 bridgehead atoms. The standard InChI is InChI=1S/C14H24N2O3S/c1-5-15-13-7-9-14(10-8-13)20(17,18)16(6-2)12(3)11-19-4/h7-10,12,15H,5-6,11H2,1-4H3. The number of hydrogen-bond acceptors (Lipinski definition) is 4. The second-order valence-corrected chi connectivity index (χ2v) is 6.46. The second kappa shape index (κ2) is 7.61. The van der Waals surface area contributed by atoms with E-state index in [1.165, 1.54) is 4.31 Å². The highest BCUT2D eigenvalue weighted by Crippen LogP contribution is 2.20. The first kappa shape index (κ1) is 16.9. The van der Waals surface area contributed by atoms with Crippen molar-refractivity contribution in [1.29, 1.82) is 0 Å². The molecule has 0 saturated carbocycles. The van der Waals surface area contributed by atoms with Crippen molar-refractivity contribution in [2.75, 3.05) is 32.1 Å². The first-order valence-electron chi connectivity index (χ1n) is 6.82. The van der Waals surface area contributed by atoms with Crippen molar-refractivity contribution < 1.29 is 13.2 Å². The molecule has 0 amide bonds. The smallest absolute Gasteiger partial charge is 0.243 e. The third-order valence-electron chi connectivity index (χ3n) is 3.05. The third-order valence-corrected chi connectivity index (χ3v) is 5.16. The Morgan fingerprint density at radius 1 is 1.25 bits per heavy atom. The molecule has 20 heavy (non-hydrogen) atoms. The quantitative estimate of drug-likeness (QED) is 0.799. The van der Waals surface area contributed by atoms with E-state index in [1.54, 1.807) is 31.4 Å². The van der Waals surface area contributed by atoms with Gasteiger partial charge in [0.1, 0.15) is 0 Å². The molecule has 1 aromatic carbocycles. The normalized spacial score (nSPS) is 13.4. The lowest BCUT2D eigenvalue weighted by atomic mass is 10.3. The van der Waals surface area contributed by atoms with Gasteiger partial charge in [0, 0.05) is 31.9 Å². The number of rotatable bonds is 8. The fraction of sp³-hybridized carbons (Fsp3) is 0.571. The predicted octanol–water partition coefficient (Wildman–Crippen LogP) is 2.16. The fourth-order valence-corrected chi connectivity index (χ4v) is 3.75. The molecule has 0 aliphatic rings. The van der Waals surface area contributed by atoms with E-state index in [0.29, 0.717) is 18.0 Å². The lowest BCUT2D eigenvalue weighted by Gasteiger charge is -2.26. The maximum absolute atomic E-state index is 12.6. The number of sulfonamides is 1. The summed E-state index contributed by atoms with van der Waals surface area (Å²) >= 11 is 0. The van der Waals surface area contributed by atoms with Gasteiger partial charge >= 0.3 is 0 Å². The maximum Gasteiger partial charge on any atom is 0.243 e. The van der Waals surface area contributed by atoms with Gasteiger partial charge in [-0.3, -0.25) is 0 Å². The Kier molecular flexibility index (Phi) is 6.45. The van der Waals surface area contributed by atoms with E-state index in [9.17, 15) is 8.42 Å². The SMILES string of the molecule is CCNc1ccc(S(=O)(=O)N(CC)C(C)COC)cc1. The van der Waals surface area contributed by atoms with E-state index in [2.05, 4.69) is 5.32 Å². The number of likely N-dealkylation sites (N-methyl/N-ethyl adjacent to an activating group) is 1. The van der Waals surface area contributed by atoms with Gasteiger partial charge in [-0.2, -0.15) is 4.31 Å². The zero-order chi connectivity index (χ0) is 15.2. The largest absolute Gasteiger partial charge is 0.385 e. The third kappa shape index (κ3) is 3.94. The molecule has 1 rings (SSSR count). The Morgan fingerprint density at radius 3 is 2.30 bits per heavy atom. The number of hydrogen-bond donors (Lipinski definition) is 1. The molecular weight excluding hydrogens is 276 g/mol. The van der Waals surface area contributed by atoms with E-state index >= 15 is 0 Å². The first-order valence-corrected chi connectivity index (χ1v) is 8.26. The van der Waals surface area contributed by atoms with Crippen molar-refractivity contribution >= 4 is 15.7 Å². The summed E-state index contributed by atoms with van der Waals surface area (Å²) in [5, 5.41) is 3.14. The summed E-state index contributed by atoms with van der Waals surface area (Å²) in [5.41, 5.74) is 0.916. The summed E-state index contributed by atoms with van der Waals surface area (Å²) in [6, 6.07) is 6.64. The minimum atomic E-state index is -3.48. The fourth-order valence-electron chi connectivity index (χ4n) is 2.13. The average molecular weight is 300 g/mol. The van der Waals surface area contributed by atoms with Gasteiger partial charge in [-0.15, -0.1) is 0 Å². The Bertz CT molecular complexity index is 500. The van der Waals surface area contributed by atoms with Crippen LogP contribution in [0.15, 0.2) is 29.2 Å². The predicted molar refractivity (Wildman–Crippen MR) is 81.5 cm³/mol. The Labute approximate surface area is 122 Å². The van der Waals surface area contributed by atoms with Gasteiger partial charge in [-0.25, -0.2) is 8.42 Å². The van der Waals surface area contributed by atoms with Crippen LogP contribution in [0.5, 0.6) is 0 Å². The summed E-state index contributed by atoms with van der Waals surface area (Å²) in [6.07, 6.45) is 0. The van der Waals surface area contributed by atoms with Gasteiger partial charge in [0.25, 0.3) is 0 Å².